The molecule has 0 aliphatic heterocycles. The first kappa shape index (κ1) is 11.5. The van der Waals surface area contributed by atoms with Crippen LogP contribution in [0.15, 0.2) is 18.2 Å². The van der Waals surface area contributed by atoms with E-state index in [9.17, 15) is 13.2 Å². The second-order valence-corrected chi connectivity index (χ2v) is 4.79. The molecule has 6 heteroatoms. The Morgan fingerprint density at radius 2 is 2.00 bits per heavy atom. The van der Waals surface area contributed by atoms with E-state index < -0.39 is 10.0 Å². The number of sulfonamides is 1. The SMILES string of the molecule is CNc1cc(NS(C)(=O)=O)ccc1C=O. The molecule has 2 N–H and O–H groups in total. The lowest BCUT2D eigenvalue weighted by Crippen LogP contribution is -2.10. The van der Waals surface area contributed by atoms with Gasteiger partial charge in [0.05, 0.1) is 11.9 Å². The third-order valence-electron chi connectivity index (χ3n) is 1.75. The van der Waals surface area contributed by atoms with Crippen molar-refractivity contribution in [1.82, 2.24) is 0 Å². The molecule has 15 heavy (non-hydrogen) atoms. The Kier molecular flexibility index (Phi) is 3.31. The molecule has 0 saturated carbocycles. The zero-order valence-corrected chi connectivity index (χ0v) is 9.26. The fourth-order valence-corrected chi connectivity index (χ4v) is 1.71. The fraction of sp³-hybridized carbons (Fsp3) is 0.222. The molecule has 0 radical (unpaired) electrons. The van der Waals surface area contributed by atoms with Crippen LogP contribution in [0.25, 0.3) is 0 Å². The van der Waals surface area contributed by atoms with Gasteiger partial charge in [-0.1, -0.05) is 0 Å². The summed E-state index contributed by atoms with van der Waals surface area (Å²) in [5, 5.41) is 2.81. The summed E-state index contributed by atoms with van der Waals surface area (Å²) >= 11 is 0. The van der Waals surface area contributed by atoms with Gasteiger partial charge in [-0.25, -0.2) is 8.42 Å². The minimum absolute atomic E-state index is 0.424. The van der Waals surface area contributed by atoms with E-state index in [0.717, 1.165) is 6.26 Å². The van der Waals surface area contributed by atoms with Gasteiger partial charge < -0.3 is 5.32 Å². The molecule has 1 aromatic rings. The standard InChI is InChI=1S/C9H12N2O3S/c1-10-9-5-8(11-15(2,13)14)4-3-7(9)6-12/h3-6,10-11H,1-2H3. The van der Waals surface area contributed by atoms with Crippen molar-refractivity contribution in [2.75, 3.05) is 23.3 Å². The molecule has 0 spiro atoms. The summed E-state index contributed by atoms with van der Waals surface area (Å²) in [6.45, 7) is 0. The van der Waals surface area contributed by atoms with Gasteiger partial charge in [0.15, 0.2) is 6.29 Å². The molecule has 0 heterocycles. The van der Waals surface area contributed by atoms with Gasteiger partial charge in [0.1, 0.15) is 0 Å². The molecule has 5 nitrogen and oxygen atoms in total. The Morgan fingerprint density at radius 1 is 1.33 bits per heavy atom. The number of benzene rings is 1. The van der Waals surface area contributed by atoms with Gasteiger partial charge in [-0.3, -0.25) is 9.52 Å². The quantitative estimate of drug-likeness (QED) is 0.751. The van der Waals surface area contributed by atoms with Gasteiger partial charge in [0.2, 0.25) is 10.0 Å². The number of carbonyl (C=O) groups excluding carboxylic acids is 1. The first-order valence-electron chi connectivity index (χ1n) is 4.21. The van der Waals surface area contributed by atoms with Crippen molar-refractivity contribution >= 4 is 27.7 Å². The van der Waals surface area contributed by atoms with Crippen LogP contribution >= 0.6 is 0 Å². The molecule has 0 unspecified atom stereocenters. The number of hydrogen-bond acceptors (Lipinski definition) is 4. The Labute approximate surface area is 88.5 Å². The number of aldehydes is 1. The lowest BCUT2D eigenvalue weighted by atomic mass is 10.2. The van der Waals surface area contributed by atoms with Crippen molar-refractivity contribution in [1.29, 1.82) is 0 Å². The first-order valence-corrected chi connectivity index (χ1v) is 6.10. The van der Waals surface area contributed by atoms with Crippen molar-refractivity contribution < 1.29 is 13.2 Å². The van der Waals surface area contributed by atoms with Crippen LogP contribution in [0.5, 0.6) is 0 Å². The van der Waals surface area contributed by atoms with E-state index >= 15 is 0 Å². The molecule has 82 valence electrons. The lowest BCUT2D eigenvalue weighted by molar-refractivity contribution is 0.112. The normalized spacial score (nSPS) is 10.8. The highest BCUT2D eigenvalue weighted by atomic mass is 32.2. The van der Waals surface area contributed by atoms with Gasteiger partial charge in [-0.2, -0.15) is 0 Å². The molecule has 0 aromatic heterocycles. The third kappa shape index (κ3) is 3.25. The van der Waals surface area contributed by atoms with E-state index in [2.05, 4.69) is 10.0 Å². The molecule has 0 aliphatic rings. The minimum atomic E-state index is -3.29. The molecule has 1 aromatic carbocycles. The molecule has 0 bridgehead atoms. The maximum atomic E-state index is 11.0. The van der Waals surface area contributed by atoms with Crippen LogP contribution in [0.1, 0.15) is 10.4 Å². The highest BCUT2D eigenvalue weighted by Gasteiger charge is 2.05. The van der Waals surface area contributed by atoms with Crippen LogP contribution in [0.4, 0.5) is 11.4 Å². The number of hydrogen-bond donors (Lipinski definition) is 2. The number of anilines is 2. The fourth-order valence-electron chi connectivity index (χ4n) is 1.15. The lowest BCUT2D eigenvalue weighted by Gasteiger charge is -2.08. The Balaban J connectivity index is 3.08. The highest BCUT2D eigenvalue weighted by Crippen LogP contribution is 2.19. The van der Waals surface area contributed by atoms with Crippen molar-refractivity contribution in [2.24, 2.45) is 0 Å². The summed E-state index contributed by atoms with van der Waals surface area (Å²) in [4.78, 5) is 10.6. The average Bonchev–Trinajstić information content (AvgIpc) is 2.15. The molecule has 0 aliphatic carbocycles. The van der Waals surface area contributed by atoms with Crippen LogP contribution < -0.4 is 10.0 Å². The summed E-state index contributed by atoms with van der Waals surface area (Å²) in [6, 6.07) is 4.64. The van der Waals surface area contributed by atoms with E-state index in [0.29, 0.717) is 23.2 Å². The summed E-state index contributed by atoms with van der Waals surface area (Å²) in [5.74, 6) is 0. The summed E-state index contributed by atoms with van der Waals surface area (Å²) in [5.41, 5.74) is 1.49. The van der Waals surface area contributed by atoms with Gasteiger partial charge >= 0.3 is 0 Å². The van der Waals surface area contributed by atoms with Crippen molar-refractivity contribution in [2.45, 2.75) is 0 Å². The van der Waals surface area contributed by atoms with Crippen LogP contribution in [0.3, 0.4) is 0 Å². The van der Waals surface area contributed by atoms with E-state index in [1.54, 1.807) is 19.2 Å². The molecule has 1 rings (SSSR count). The summed E-state index contributed by atoms with van der Waals surface area (Å²) < 4.78 is 24.2. The predicted octanol–water partition coefficient (Wildman–Crippen LogP) is 0.912. The summed E-state index contributed by atoms with van der Waals surface area (Å²) in [7, 11) is -1.63. The molecular formula is C9H12N2O3S. The average molecular weight is 228 g/mol. The minimum Gasteiger partial charge on any atom is -0.387 e. The van der Waals surface area contributed by atoms with E-state index in [1.165, 1.54) is 6.07 Å². The van der Waals surface area contributed by atoms with Gasteiger partial charge in [0.25, 0.3) is 0 Å². The van der Waals surface area contributed by atoms with E-state index in [4.69, 9.17) is 0 Å². The number of rotatable bonds is 4. The molecule has 0 saturated heterocycles. The van der Waals surface area contributed by atoms with Gasteiger partial charge in [0, 0.05) is 18.3 Å². The Bertz CT molecular complexity index is 468. The second-order valence-electron chi connectivity index (χ2n) is 3.04. The van der Waals surface area contributed by atoms with Gasteiger partial charge in [-0.15, -0.1) is 0 Å². The Morgan fingerprint density at radius 3 is 2.47 bits per heavy atom. The zero-order valence-electron chi connectivity index (χ0n) is 8.44. The number of carbonyl (C=O) groups is 1. The van der Waals surface area contributed by atoms with E-state index in [-0.39, 0.29) is 0 Å². The maximum absolute atomic E-state index is 11.0. The molecule has 0 atom stereocenters. The topological polar surface area (TPSA) is 75.3 Å². The second kappa shape index (κ2) is 4.31. The van der Waals surface area contributed by atoms with Crippen LogP contribution in [-0.4, -0.2) is 28.0 Å². The smallest absolute Gasteiger partial charge is 0.229 e. The molecule has 0 fully saturated rings. The monoisotopic (exact) mass is 228 g/mol. The zero-order chi connectivity index (χ0) is 11.5. The molecular weight excluding hydrogens is 216 g/mol. The summed E-state index contributed by atoms with van der Waals surface area (Å²) in [6.07, 6.45) is 1.77. The van der Waals surface area contributed by atoms with Crippen LogP contribution in [0, 0.1) is 0 Å². The van der Waals surface area contributed by atoms with Gasteiger partial charge in [-0.05, 0) is 18.2 Å². The Hall–Kier alpha value is -1.56. The first-order chi connectivity index (χ1) is 6.96. The van der Waals surface area contributed by atoms with Crippen molar-refractivity contribution in [3.63, 3.8) is 0 Å². The van der Waals surface area contributed by atoms with Crippen molar-refractivity contribution in [3.05, 3.63) is 23.8 Å². The largest absolute Gasteiger partial charge is 0.387 e. The third-order valence-corrected chi connectivity index (χ3v) is 2.36. The maximum Gasteiger partial charge on any atom is 0.229 e. The highest BCUT2D eigenvalue weighted by molar-refractivity contribution is 7.92. The van der Waals surface area contributed by atoms with E-state index in [1.807, 2.05) is 0 Å². The van der Waals surface area contributed by atoms with Crippen LogP contribution in [-0.2, 0) is 10.0 Å². The predicted molar refractivity (Wildman–Crippen MR) is 59.8 cm³/mol. The number of nitrogens with one attached hydrogen (secondary N) is 2. The van der Waals surface area contributed by atoms with Crippen molar-refractivity contribution in [3.8, 4) is 0 Å². The molecule has 0 amide bonds. The van der Waals surface area contributed by atoms with Crippen LogP contribution in [0.2, 0.25) is 0 Å².